The van der Waals surface area contributed by atoms with E-state index in [2.05, 4.69) is 20.6 Å². The van der Waals surface area contributed by atoms with E-state index in [0.29, 0.717) is 11.5 Å². The van der Waals surface area contributed by atoms with E-state index in [4.69, 9.17) is 0 Å². The van der Waals surface area contributed by atoms with Crippen molar-refractivity contribution in [3.8, 4) is 0 Å². The Balaban J connectivity index is 1.71. The van der Waals surface area contributed by atoms with Crippen LogP contribution in [0.25, 0.3) is 0 Å². The molecular weight excluding hydrogens is 328 g/mol. The Bertz CT molecular complexity index is 773. The first-order valence-corrected chi connectivity index (χ1v) is 10.3. The van der Waals surface area contributed by atoms with Crippen molar-refractivity contribution in [1.29, 1.82) is 0 Å². The summed E-state index contributed by atoms with van der Waals surface area (Å²) < 4.78 is 28.5. The van der Waals surface area contributed by atoms with Crippen LogP contribution < -0.4 is 0 Å². The minimum absolute atomic E-state index is 0.0930. The predicted octanol–water partition coefficient (Wildman–Crippen LogP) is 2.07. The normalized spacial score (nSPS) is 16.8. The summed E-state index contributed by atoms with van der Waals surface area (Å²) in [5.74, 6) is 0.195. The van der Waals surface area contributed by atoms with Crippen LogP contribution in [0, 0.1) is 0 Å². The Morgan fingerprint density at radius 2 is 1.96 bits per heavy atom. The van der Waals surface area contributed by atoms with Crippen LogP contribution in [0.4, 0.5) is 0 Å². The highest BCUT2D eigenvalue weighted by Gasteiger charge is 2.24. The van der Waals surface area contributed by atoms with Gasteiger partial charge in [0.1, 0.15) is 5.75 Å². The number of nitrogens with zero attached hydrogens (tertiary/aromatic N) is 6. The summed E-state index contributed by atoms with van der Waals surface area (Å²) in [5.41, 5.74) is 0.556. The molecule has 24 heavy (non-hydrogen) atoms. The first-order valence-electron chi connectivity index (χ1n) is 8.46. The molecule has 0 atom stereocenters. The highest BCUT2D eigenvalue weighted by atomic mass is 32.2. The van der Waals surface area contributed by atoms with Gasteiger partial charge in [0.2, 0.25) is 0 Å². The SMILES string of the molecule is CC(C)n1ccc(CS(=O)(=O)Cc2nnnn2C2CCCCC2)n1. The first-order chi connectivity index (χ1) is 11.4. The van der Waals surface area contributed by atoms with Crippen LogP contribution in [-0.2, 0) is 21.3 Å². The molecule has 0 unspecified atom stereocenters. The molecule has 0 aliphatic heterocycles. The monoisotopic (exact) mass is 352 g/mol. The fourth-order valence-electron chi connectivity index (χ4n) is 3.13. The number of sulfone groups is 1. The zero-order valence-electron chi connectivity index (χ0n) is 14.2. The summed E-state index contributed by atoms with van der Waals surface area (Å²) in [7, 11) is -3.37. The molecule has 2 aromatic rings. The molecule has 1 aliphatic carbocycles. The second-order valence-corrected chi connectivity index (χ2v) is 8.81. The zero-order valence-corrected chi connectivity index (χ0v) is 15.0. The van der Waals surface area contributed by atoms with Gasteiger partial charge in [0, 0.05) is 12.2 Å². The summed E-state index contributed by atoms with van der Waals surface area (Å²) in [5, 5.41) is 16.0. The molecule has 0 radical (unpaired) electrons. The predicted molar refractivity (Wildman–Crippen MR) is 88.9 cm³/mol. The molecular formula is C15H24N6O2S. The topological polar surface area (TPSA) is 95.6 Å². The van der Waals surface area contributed by atoms with E-state index in [-0.39, 0.29) is 23.6 Å². The quantitative estimate of drug-likeness (QED) is 0.790. The third-order valence-electron chi connectivity index (χ3n) is 4.39. The van der Waals surface area contributed by atoms with Gasteiger partial charge >= 0.3 is 0 Å². The molecule has 1 aliphatic rings. The number of rotatable bonds is 6. The summed E-state index contributed by atoms with van der Waals surface area (Å²) in [6.45, 7) is 4.01. The largest absolute Gasteiger partial charge is 0.270 e. The van der Waals surface area contributed by atoms with Crippen molar-refractivity contribution >= 4 is 9.84 Å². The van der Waals surface area contributed by atoms with Gasteiger partial charge in [-0.25, -0.2) is 13.1 Å². The van der Waals surface area contributed by atoms with Crippen molar-refractivity contribution in [3.05, 3.63) is 23.8 Å². The molecule has 2 heterocycles. The average Bonchev–Trinajstić information content (AvgIpc) is 3.16. The summed E-state index contributed by atoms with van der Waals surface area (Å²) >= 11 is 0. The van der Waals surface area contributed by atoms with Gasteiger partial charge in [0.15, 0.2) is 15.7 Å². The van der Waals surface area contributed by atoms with Crippen molar-refractivity contribution in [1.82, 2.24) is 30.0 Å². The summed E-state index contributed by atoms with van der Waals surface area (Å²) in [4.78, 5) is 0. The molecule has 132 valence electrons. The Morgan fingerprint density at radius 3 is 2.62 bits per heavy atom. The first kappa shape index (κ1) is 17.1. The van der Waals surface area contributed by atoms with Crippen molar-refractivity contribution in [2.75, 3.05) is 0 Å². The molecule has 0 bridgehead atoms. The molecule has 3 rings (SSSR count). The van der Waals surface area contributed by atoms with Gasteiger partial charge < -0.3 is 0 Å². The highest BCUT2D eigenvalue weighted by Crippen LogP contribution is 2.28. The molecule has 1 fully saturated rings. The molecule has 9 heteroatoms. The lowest BCUT2D eigenvalue weighted by atomic mass is 9.96. The maximum atomic E-state index is 12.5. The van der Waals surface area contributed by atoms with E-state index < -0.39 is 9.84 Å². The fourth-order valence-corrected chi connectivity index (χ4v) is 4.42. The third kappa shape index (κ3) is 4.00. The van der Waals surface area contributed by atoms with Crippen LogP contribution in [0.5, 0.6) is 0 Å². The van der Waals surface area contributed by atoms with Crippen molar-refractivity contribution in [3.63, 3.8) is 0 Å². The second-order valence-electron chi connectivity index (χ2n) is 6.74. The van der Waals surface area contributed by atoms with E-state index in [9.17, 15) is 8.42 Å². The van der Waals surface area contributed by atoms with Crippen LogP contribution in [0.2, 0.25) is 0 Å². The van der Waals surface area contributed by atoms with Crippen LogP contribution in [0.3, 0.4) is 0 Å². The van der Waals surface area contributed by atoms with Crippen molar-refractivity contribution < 1.29 is 8.42 Å². The van der Waals surface area contributed by atoms with Crippen LogP contribution in [-0.4, -0.2) is 38.4 Å². The molecule has 1 saturated carbocycles. The molecule has 0 N–H and O–H groups in total. The summed E-state index contributed by atoms with van der Waals surface area (Å²) in [6, 6.07) is 2.18. The molecule has 8 nitrogen and oxygen atoms in total. The van der Waals surface area contributed by atoms with E-state index in [0.717, 1.165) is 25.7 Å². The van der Waals surface area contributed by atoms with Gasteiger partial charge in [-0.1, -0.05) is 19.3 Å². The van der Waals surface area contributed by atoms with Crippen LogP contribution >= 0.6 is 0 Å². The van der Waals surface area contributed by atoms with E-state index >= 15 is 0 Å². The Kier molecular flexibility index (Phi) is 4.98. The Labute approximate surface area is 142 Å². The maximum absolute atomic E-state index is 12.5. The molecule has 0 aromatic carbocycles. The molecule has 0 amide bonds. The minimum Gasteiger partial charge on any atom is -0.270 e. The number of aromatic nitrogens is 6. The van der Waals surface area contributed by atoms with E-state index in [1.54, 1.807) is 15.4 Å². The Hall–Kier alpha value is -1.77. The van der Waals surface area contributed by atoms with Crippen molar-refractivity contribution in [2.24, 2.45) is 0 Å². The number of hydrogen-bond acceptors (Lipinski definition) is 6. The van der Waals surface area contributed by atoms with Gasteiger partial charge in [-0.3, -0.25) is 4.68 Å². The van der Waals surface area contributed by atoms with Crippen molar-refractivity contribution in [2.45, 2.75) is 69.5 Å². The smallest absolute Gasteiger partial charge is 0.166 e. The zero-order chi connectivity index (χ0) is 17.2. The fraction of sp³-hybridized carbons (Fsp3) is 0.733. The number of hydrogen-bond donors (Lipinski definition) is 0. The van der Waals surface area contributed by atoms with Gasteiger partial charge in [-0.15, -0.1) is 5.10 Å². The lowest BCUT2D eigenvalue weighted by Crippen LogP contribution is -2.19. The van der Waals surface area contributed by atoms with Gasteiger partial charge in [-0.05, 0) is 43.2 Å². The van der Waals surface area contributed by atoms with Gasteiger partial charge in [0.25, 0.3) is 0 Å². The lowest BCUT2D eigenvalue weighted by molar-refractivity contribution is 0.318. The Morgan fingerprint density at radius 1 is 1.21 bits per heavy atom. The van der Waals surface area contributed by atoms with Crippen LogP contribution in [0.1, 0.15) is 69.6 Å². The van der Waals surface area contributed by atoms with Gasteiger partial charge in [-0.2, -0.15) is 5.10 Å². The second kappa shape index (κ2) is 7.00. The lowest BCUT2D eigenvalue weighted by Gasteiger charge is -2.22. The van der Waals surface area contributed by atoms with E-state index in [1.165, 1.54) is 6.42 Å². The number of tetrazole rings is 1. The standard InChI is InChI=1S/C15H24N6O2S/c1-12(2)20-9-8-13(17-20)10-24(22,23)11-15-16-18-19-21(15)14-6-4-3-5-7-14/h8-9,12,14H,3-7,10-11H2,1-2H3. The minimum atomic E-state index is -3.37. The maximum Gasteiger partial charge on any atom is 0.166 e. The van der Waals surface area contributed by atoms with Gasteiger partial charge in [0.05, 0.1) is 17.5 Å². The average molecular weight is 352 g/mol. The third-order valence-corrected chi connectivity index (χ3v) is 5.82. The van der Waals surface area contributed by atoms with Crippen LogP contribution in [0.15, 0.2) is 12.3 Å². The highest BCUT2D eigenvalue weighted by molar-refractivity contribution is 7.89. The summed E-state index contributed by atoms with van der Waals surface area (Å²) in [6.07, 6.45) is 7.34. The molecule has 0 spiro atoms. The molecule has 0 saturated heterocycles. The molecule has 2 aromatic heterocycles. The van der Waals surface area contributed by atoms with E-state index in [1.807, 2.05) is 20.0 Å².